The summed E-state index contributed by atoms with van der Waals surface area (Å²) in [5.74, 6) is 2.60. The van der Waals surface area contributed by atoms with Crippen LogP contribution in [0.15, 0.2) is 6.33 Å². The van der Waals surface area contributed by atoms with Gasteiger partial charge in [0.1, 0.15) is 12.2 Å². The van der Waals surface area contributed by atoms with Crippen LogP contribution in [-0.2, 0) is 13.5 Å². The van der Waals surface area contributed by atoms with E-state index in [2.05, 4.69) is 43.2 Å². The largest absolute Gasteiger partial charge is 0.317 e. The summed E-state index contributed by atoms with van der Waals surface area (Å²) in [6.45, 7) is 7.12. The molecular weight excluding hydrogens is 236 g/mol. The fourth-order valence-corrected chi connectivity index (χ4v) is 3.40. The summed E-state index contributed by atoms with van der Waals surface area (Å²) >= 11 is 0. The Labute approximate surface area is 117 Å². The Morgan fingerprint density at radius 3 is 2.63 bits per heavy atom. The summed E-state index contributed by atoms with van der Waals surface area (Å²) in [5, 5.41) is 7.69. The van der Waals surface area contributed by atoms with E-state index in [1.54, 1.807) is 6.33 Å². The van der Waals surface area contributed by atoms with Gasteiger partial charge in [-0.3, -0.25) is 4.68 Å². The highest BCUT2D eigenvalue weighted by molar-refractivity contribution is 4.95. The molecule has 1 aromatic heterocycles. The van der Waals surface area contributed by atoms with Gasteiger partial charge in [0, 0.05) is 19.5 Å². The Morgan fingerprint density at radius 1 is 1.37 bits per heavy atom. The molecule has 4 nitrogen and oxygen atoms in total. The first-order valence-corrected chi connectivity index (χ1v) is 7.42. The molecule has 0 aliphatic heterocycles. The van der Waals surface area contributed by atoms with Gasteiger partial charge in [-0.2, -0.15) is 5.10 Å². The zero-order valence-electron chi connectivity index (χ0n) is 13.0. The number of nitrogens with zero attached hydrogens (tertiary/aromatic N) is 3. The molecule has 1 aliphatic rings. The third-order valence-corrected chi connectivity index (χ3v) is 4.83. The molecule has 0 amide bonds. The molecule has 1 heterocycles. The second kappa shape index (κ2) is 5.61. The quantitative estimate of drug-likeness (QED) is 0.911. The molecule has 0 radical (unpaired) electrons. The molecule has 0 aromatic carbocycles. The van der Waals surface area contributed by atoms with Crippen LogP contribution in [0.3, 0.4) is 0 Å². The van der Waals surface area contributed by atoms with Crippen molar-refractivity contribution in [2.24, 2.45) is 24.3 Å². The van der Waals surface area contributed by atoms with Gasteiger partial charge in [0.15, 0.2) is 0 Å². The van der Waals surface area contributed by atoms with Gasteiger partial charge in [-0.15, -0.1) is 0 Å². The van der Waals surface area contributed by atoms with E-state index in [0.717, 1.165) is 18.2 Å². The fraction of sp³-hybridized carbons (Fsp3) is 0.867. The van der Waals surface area contributed by atoms with E-state index in [-0.39, 0.29) is 0 Å². The van der Waals surface area contributed by atoms with Gasteiger partial charge >= 0.3 is 0 Å². The summed E-state index contributed by atoms with van der Waals surface area (Å²) in [5.41, 5.74) is 0.414. The van der Waals surface area contributed by atoms with Crippen LogP contribution in [-0.4, -0.2) is 27.9 Å². The maximum Gasteiger partial charge on any atom is 0.138 e. The van der Waals surface area contributed by atoms with Gasteiger partial charge < -0.3 is 5.32 Å². The zero-order chi connectivity index (χ0) is 14.0. The highest BCUT2D eigenvalue weighted by Gasteiger charge is 2.35. The number of aryl methyl sites for hydroxylation is 1. The minimum absolute atomic E-state index is 0.414. The second-order valence-electron chi connectivity index (χ2n) is 7.04. The fourth-order valence-electron chi connectivity index (χ4n) is 3.40. The first-order chi connectivity index (χ1) is 8.91. The van der Waals surface area contributed by atoms with Crippen LogP contribution in [0.2, 0.25) is 0 Å². The third kappa shape index (κ3) is 3.35. The molecule has 2 rings (SSSR count). The van der Waals surface area contributed by atoms with Crippen molar-refractivity contribution in [2.75, 3.05) is 7.05 Å². The van der Waals surface area contributed by atoms with E-state index in [1.165, 1.54) is 19.3 Å². The first-order valence-electron chi connectivity index (χ1n) is 7.42. The van der Waals surface area contributed by atoms with Gasteiger partial charge in [0.25, 0.3) is 0 Å². The van der Waals surface area contributed by atoms with Crippen molar-refractivity contribution in [3.63, 3.8) is 0 Å². The smallest absolute Gasteiger partial charge is 0.138 e. The topological polar surface area (TPSA) is 42.7 Å². The lowest BCUT2D eigenvalue weighted by Crippen LogP contribution is -2.42. The second-order valence-corrected chi connectivity index (χ2v) is 7.04. The number of nitrogens with one attached hydrogen (secondary N) is 1. The van der Waals surface area contributed by atoms with Crippen molar-refractivity contribution in [3.8, 4) is 0 Å². The summed E-state index contributed by atoms with van der Waals surface area (Å²) in [6, 6.07) is 0.621. The van der Waals surface area contributed by atoms with Crippen LogP contribution in [0.4, 0.5) is 0 Å². The van der Waals surface area contributed by atoms with Gasteiger partial charge in [-0.05, 0) is 43.6 Å². The Bertz CT molecular complexity index is 405. The van der Waals surface area contributed by atoms with Crippen molar-refractivity contribution in [2.45, 2.75) is 52.5 Å². The van der Waals surface area contributed by atoms with E-state index in [9.17, 15) is 0 Å². The summed E-state index contributed by atoms with van der Waals surface area (Å²) in [7, 11) is 4.08. The predicted molar refractivity (Wildman–Crippen MR) is 77.8 cm³/mol. The normalized spacial score (nSPS) is 28.6. The molecule has 3 unspecified atom stereocenters. The zero-order valence-corrected chi connectivity index (χ0v) is 13.0. The number of hydrogen-bond acceptors (Lipinski definition) is 3. The summed E-state index contributed by atoms with van der Waals surface area (Å²) in [6.07, 6.45) is 6.61. The Kier molecular flexibility index (Phi) is 4.29. The van der Waals surface area contributed by atoms with Gasteiger partial charge in [-0.25, -0.2) is 4.98 Å². The molecule has 4 heteroatoms. The van der Waals surface area contributed by atoms with Crippen molar-refractivity contribution in [1.82, 2.24) is 20.1 Å². The van der Waals surface area contributed by atoms with Crippen LogP contribution in [0.1, 0.15) is 45.9 Å². The summed E-state index contributed by atoms with van der Waals surface area (Å²) in [4.78, 5) is 4.39. The van der Waals surface area contributed by atoms with E-state index in [0.29, 0.717) is 17.4 Å². The van der Waals surface area contributed by atoms with Crippen molar-refractivity contribution in [3.05, 3.63) is 12.2 Å². The minimum atomic E-state index is 0.414. The monoisotopic (exact) mass is 264 g/mol. The highest BCUT2D eigenvalue weighted by Crippen LogP contribution is 2.41. The van der Waals surface area contributed by atoms with Gasteiger partial charge in [0.05, 0.1) is 0 Å². The minimum Gasteiger partial charge on any atom is -0.317 e. The van der Waals surface area contributed by atoms with E-state index >= 15 is 0 Å². The van der Waals surface area contributed by atoms with Gasteiger partial charge in [0.2, 0.25) is 0 Å². The van der Waals surface area contributed by atoms with E-state index in [1.807, 2.05) is 11.7 Å². The standard InChI is InChI=1S/C15H28N4/c1-15(2,3)12-6-7-13(16-4)11(8-12)9-14-17-10-18-19(14)5/h10-13,16H,6-9H2,1-5H3. The molecule has 1 saturated carbocycles. The van der Waals surface area contributed by atoms with E-state index < -0.39 is 0 Å². The molecule has 1 fully saturated rings. The van der Waals surface area contributed by atoms with Crippen molar-refractivity contribution >= 4 is 0 Å². The molecule has 0 saturated heterocycles. The molecule has 0 bridgehead atoms. The third-order valence-electron chi connectivity index (χ3n) is 4.83. The van der Waals surface area contributed by atoms with Gasteiger partial charge in [-0.1, -0.05) is 20.8 Å². The van der Waals surface area contributed by atoms with Crippen LogP contribution >= 0.6 is 0 Å². The van der Waals surface area contributed by atoms with Crippen LogP contribution < -0.4 is 5.32 Å². The van der Waals surface area contributed by atoms with Crippen molar-refractivity contribution < 1.29 is 0 Å². The average molecular weight is 264 g/mol. The Hall–Kier alpha value is -0.900. The lowest BCUT2D eigenvalue weighted by atomic mass is 9.67. The number of hydrogen-bond donors (Lipinski definition) is 1. The molecule has 1 aliphatic carbocycles. The highest BCUT2D eigenvalue weighted by atomic mass is 15.3. The molecule has 0 spiro atoms. The van der Waals surface area contributed by atoms with Crippen LogP contribution in [0.25, 0.3) is 0 Å². The summed E-state index contributed by atoms with van der Waals surface area (Å²) < 4.78 is 1.91. The number of rotatable bonds is 3. The molecule has 3 atom stereocenters. The maximum atomic E-state index is 4.39. The molecule has 19 heavy (non-hydrogen) atoms. The first kappa shape index (κ1) is 14.5. The lowest BCUT2D eigenvalue weighted by Gasteiger charge is -2.41. The Morgan fingerprint density at radius 2 is 2.11 bits per heavy atom. The molecular formula is C15H28N4. The SMILES string of the molecule is CNC1CCC(C(C)(C)C)CC1Cc1ncnn1C. The van der Waals surface area contributed by atoms with Crippen LogP contribution in [0, 0.1) is 17.3 Å². The molecule has 1 aromatic rings. The lowest BCUT2D eigenvalue weighted by molar-refractivity contribution is 0.115. The maximum absolute atomic E-state index is 4.39. The van der Waals surface area contributed by atoms with E-state index in [4.69, 9.17) is 0 Å². The molecule has 108 valence electrons. The Balaban J connectivity index is 2.08. The molecule has 1 N–H and O–H groups in total. The van der Waals surface area contributed by atoms with Crippen LogP contribution in [0.5, 0.6) is 0 Å². The van der Waals surface area contributed by atoms with Crippen molar-refractivity contribution in [1.29, 1.82) is 0 Å². The average Bonchev–Trinajstić information content (AvgIpc) is 2.74. The number of aromatic nitrogens is 3. The predicted octanol–water partition coefficient (Wildman–Crippen LogP) is 2.41.